The van der Waals surface area contributed by atoms with Crippen LogP contribution in [0.15, 0.2) is 21.6 Å². The van der Waals surface area contributed by atoms with E-state index in [2.05, 4.69) is 5.32 Å². The quantitative estimate of drug-likeness (QED) is 0.877. The smallest absolute Gasteiger partial charge is 0.276 e. The first-order valence-corrected chi connectivity index (χ1v) is 9.23. The molecule has 1 fully saturated rings. The summed E-state index contributed by atoms with van der Waals surface area (Å²) in [7, 11) is -3.50. The van der Waals surface area contributed by atoms with E-state index in [1.165, 1.54) is 0 Å². The van der Waals surface area contributed by atoms with Crippen molar-refractivity contribution in [2.45, 2.75) is 70.2 Å². The average molecular weight is 314 g/mol. The van der Waals surface area contributed by atoms with Gasteiger partial charge in [0.15, 0.2) is 0 Å². The minimum atomic E-state index is -3.50. The van der Waals surface area contributed by atoms with Gasteiger partial charge >= 0.3 is 0 Å². The van der Waals surface area contributed by atoms with Crippen LogP contribution in [-0.4, -0.2) is 31.4 Å². The standard InChI is InChI=1S/C15H26N2O3S/c1-4-13-7-5-6-10-17(13)21(18,19)15-9-8-14(20-15)11-16-12(2)3/h8-9,12-13,16H,4-7,10-11H2,1-3H3. The second kappa shape index (κ2) is 6.94. The number of hydrogen-bond acceptors (Lipinski definition) is 4. The van der Waals surface area contributed by atoms with E-state index in [4.69, 9.17) is 4.42 Å². The van der Waals surface area contributed by atoms with Crippen LogP contribution in [0.1, 0.15) is 52.2 Å². The second-order valence-electron chi connectivity index (χ2n) is 5.93. The SMILES string of the molecule is CCC1CCCCN1S(=O)(=O)c1ccc(CNC(C)C)o1. The van der Waals surface area contributed by atoms with Crippen LogP contribution in [-0.2, 0) is 16.6 Å². The Morgan fingerprint density at radius 3 is 2.81 bits per heavy atom. The van der Waals surface area contributed by atoms with Crippen molar-refractivity contribution in [1.82, 2.24) is 9.62 Å². The lowest BCUT2D eigenvalue weighted by Crippen LogP contribution is -2.43. The maximum atomic E-state index is 12.7. The molecular formula is C15H26N2O3S. The first-order chi connectivity index (χ1) is 9.95. The molecule has 0 aromatic carbocycles. The molecule has 1 unspecified atom stereocenters. The lowest BCUT2D eigenvalue weighted by molar-refractivity contribution is 0.240. The number of piperidine rings is 1. The van der Waals surface area contributed by atoms with Crippen LogP contribution in [0, 0.1) is 0 Å². The molecule has 1 aliphatic heterocycles. The molecule has 1 aliphatic rings. The van der Waals surface area contributed by atoms with Crippen molar-refractivity contribution >= 4 is 10.0 Å². The first kappa shape index (κ1) is 16.5. The summed E-state index contributed by atoms with van der Waals surface area (Å²) in [5.41, 5.74) is 0. The van der Waals surface area contributed by atoms with Gasteiger partial charge in [-0.2, -0.15) is 4.31 Å². The van der Waals surface area contributed by atoms with Crippen LogP contribution in [0.5, 0.6) is 0 Å². The highest BCUT2D eigenvalue weighted by Gasteiger charge is 2.34. The van der Waals surface area contributed by atoms with Gasteiger partial charge in [-0.15, -0.1) is 0 Å². The Balaban J connectivity index is 2.15. The maximum Gasteiger partial charge on any atom is 0.276 e. The van der Waals surface area contributed by atoms with Gasteiger partial charge in [-0.25, -0.2) is 8.42 Å². The van der Waals surface area contributed by atoms with E-state index in [9.17, 15) is 8.42 Å². The number of nitrogens with zero attached hydrogens (tertiary/aromatic N) is 1. The molecule has 1 aromatic rings. The number of sulfonamides is 1. The molecule has 2 rings (SSSR count). The van der Waals surface area contributed by atoms with Crippen LogP contribution in [0.3, 0.4) is 0 Å². The fourth-order valence-corrected chi connectivity index (χ4v) is 4.41. The van der Waals surface area contributed by atoms with Crippen molar-refractivity contribution in [2.75, 3.05) is 6.54 Å². The molecule has 0 aliphatic carbocycles. The summed E-state index contributed by atoms with van der Waals surface area (Å²) >= 11 is 0. The lowest BCUT2D eigenvalue weighted by Gasteiger charge is -2.33. The van der Waals surface area contributed by atoms with Crippen molar-refractivity contribution < 1.29 is 12.8 Å². The van der Waals surface area contributed by atoms with E-state index in [1.54, 1.807) is 16.4 Å². The normalized spacial score (nSPS) is 21.0. The van der Waals surface area contributed by atoms with E-state index >= 15 is 0 Å². The van der Waals surface area contributed by atoms with Gasteiger partial charge in [0.25, 0.3) is 10.0 Å². The molecule has 0 bridgehead atoms. The summed E-state index contributed by atoms with van der Waals surface area (Å²) in [6, 6.07) is 3.76. The van der Waals surface area contributed by atoms with Gasteiger partial charge in [-0.1, -0.05) is 27.2 Å². The highest BCUT2D eigenvalue weighted by molar-refractivity contribution is 7.89. The molecule has 21 heavy (non-hydrogen) atoms. The molecule has 1 atom stereocenters. The van der Waals surface area contributed by atoms with Crippen molar-refractivity contribution in [3.63, 3.8) is 0 Å². The predicted molar refractivity (Wildman–Crippen MR) is 82.5 cm³/mol. The Labute approximate surface area is 127 Å². The third-order valence-corrected chi connectivity index (χ3v) is 5.75. The number of nitrogens with one attached hydrogen (secondary N) is 1. The fraction of sp³-hybridized carbons (Fsp3) is 0.733. The van der Waals surface area contributed by atoms with Gasteiger partial charge in [0.1, 0.15) is 5.76 Å². The third-order valence-electron chi connectivity index (χ3n) is 3.93. The minimum Gasteiger partial charge on any atom is -0.447 e. The second-order valence-corrected chi connectivity index (χ2v) is 7.75. The van der Waals surface area contributed by atoms with Crippen molar-refractivity contribution in [3.05, 3.63) is 17.9 Å². The molecule has 0 amide bonds. The Kier molecular flexibility index (Phi) is 5.46. The Hall–Kier alpha value is -0.850. The molecule has 1 N–H and O–H groups in total. The maximum absolute atomic E-state index is 12.7. The zero-order chi connectivity index (χ0) is 15.5. The molecule has 6 heteroatoms. The van der Waals surface area contributed by atoms with Gasteiger partial charge in [-0.3, -0.25) is 0 Å². The van der Waals surface area contributed by atoms with Gasteiger partial charge in [0, 0.05) is 18.6 Å². The topological polar surface area (TPSA) is 62.6 Å². The van der Waals surface area contributed by atoms with Gasteiger partial charge < -0.3 is 9.73 Å². The van der Waals surface area contributed by atoms with Gasteiger partial charge in [0.2, 0.25) is 5.09 Å². The lowest BCUT2D eigenvalue weighted by atomic mass is 10.0. The fourth-order valence-electron chi connectivity index (χ4n) is 2.71. The van der Waals surface area contributed by atoms with Gasteiger partial charge in [0.05, 0.1) is 6.54 Å². The third kappa shape index (κ3) is 3.87. The highest BCUT2D eigenvalue weighted by atomic mass is 32.2. The van der Waals surface area contributed by atoms with E-state index in [0.29, 0.717) is 24.9 Å². The molecule has 1 aromatic heterocycles. The average Bonchev–Trinajstić information content (AvgIpc) is 2.94. The largest absolute Gasteiger partial charge is 0.447 e. The molecule has 5 nitrogen and oxygen atoms in total. The Morgan fingerprint density at radius 1 is 1.38 bits per heavy atom. The Morgan fingerprint density at radius 2 is 2.14 bits per heavy atom. The summed E-state index contributed by atoms with van der Waals surface area (Å²) in [5, 5.41) is 3.30. The summed E-state index contributed by atoms with van der Waals surface area (Å²) in [4.78, 5) is 0. The predicted octanol–water partition coefficient (Wildman–Crippen LogP) is 2.73. The van der Waals surface area contributed by atoms with Crippen LogP contribution in [0.4, 0.5) is 0 Å². The molecule has 0 radical (unpaired) electrons. The first-order valence-electron chi connectivity index (χ1n) is 7.79. The molecule has 2 heterocycles. The van der Waals surface area contributed by atoms with Crippen LogP contribution >= 0.6 is 0 Å². The number of hydrogen-bond donors (Lipinski definition) is 1. The highest BCUT2D eigenvalue weighted by Crippen LogP contribution is 2.27. The molecule has 0 saturated carbocycles. The number of rotatable bonds is 6. The zero-order valence-electron chi connectivity index (χ0n) is 13.1. The zero-order valence-corrected chi connectivity index (χ0v) is 13.9. The summed E-state index contributed by atoms with van der Waals surface area (Å²) in [6.45, 7) is 7.27. The number of furan rings is 1. The van der Waals surface area contributed by atoms with Crippen LogP contribution in [0.2, 0.25) is 0 Å². The van der Waals surface area contributed by atoms with Gasteiger partial charge in [-0.05, 0) is 31.4 Å². The van der Waals surface area contributed by atoms with Crippen LogP contribution < -0.4 is 5.32 Å². The molecule has 120 valence electrons. The Bertz CT molecular complexity index is 551. The van der Waals surface area contributed by atoms with E-state index in [0.717, 1.165) is 25.7 Å². The van der Waals surface area contributed by atoms with Crippen molar-refractivity contribution in [2.24, 2.45) is 0 Å². The summed E-state index contributed by atoms with van der Waals surface area (Å²) in [6.07, 6.45) is 3.82. The van der Waals surface area contributed by atoms with E-state index in [-0.39, 0.29) is 11.1 Å². The van der Waals surface area contributed by atoms with Crippen LogP contribution in [0.25, 0.3) is 0 Å². The van der Waals surface area contributed by atoms with E-state index < -0.39 is 10.0 Å². The molecular weight excluding hydrogens is 288 g/mol. The molecule has 1 saturated heterocycles. The monoisotopic (exact) mass is 314 g/mol. The minimum absolute atomic E-state index is 0.0726. The molecule has 0 spiro atoms. The summed E-state index contributed by atoms with van der Waals surface area (Å²) < 4.78 is 32.6. The van der Waals surface area contributed by atoms with E-state index in [1.807, 2.05) is 20.8 Å². The van der Waals surface area contributed by atoms with Crippen molar-refractivity contribution in [3.8, 4) is 0 Å². The summed E-state index contributed by atoms with van der Waals surface area (Å²) in [5.74, 6) is 0.660. The van der Waals surface area contributed by atoms with Crippen molar-refractivity contribution in [1.29, 1.82) is 0 Å².